The molecule has 22 heavy (non-hydrogen) atoms. The van der Waals surface area contributed by atoms with Gasteiger partial charge in [-0.3, -0.25) is 14.2 Å². The van der Waals surface area contributed by atoms with E-state index in [1.165, 1.54) is 10.9 Å². The van der Waals surface area contributed by atoms with Crippen LogP contribution in [-0.4, -0.2) is 21.5 Å². The van der Waals surface area contributed by atoms with Crippen LogP contribution in [0.1, 0.15) is 33.1 Å². The molecule has 5 nitrogen and oxygen atoms in total. The van der Waals surface area contributed by atoms with Crippen molar-refractivity contribution in [2.45, 2.75) is 45.7 Å². The number of aryl methyl sites for hydroxylation is 1. The van der Waals surface area contributed by atoms with Gasteiger partial charge in [-0.05, 0) is 31.0 Å². The summed E-state index contributed by atoms with van der Waals surface area (Å²) in [5, 5.41) is 3.52. The molecule has 0 atom stereocenters. The number of aromatic nitrogens is 2. The number of hydrogen-bond donors (Lipinski definition) is 1. The molecule has 0 aliphatic rings. The maximum atomic E-state index is 12.4. The van der Waals surface area contributed by atoms with Gasteiger partial charge in [0.1, 0.15) is 0 Å². The van der Waals surface area contributed by atoms with Gasteiger partial charge in [0.15, 0.2) is 0 Å². The minimum Gasteiger partial charge on any atom is -0.353 e. The quantitative estimate of drug-likeness (QED) is 0.855. The Balaban J connectivity index is 2.10. The molecule has 1 aromatic heterocycles. The third-order valence-electron chi connectivity index (χ3n) is 3.72. The minimum atomic E-state index is -0.123. The molecular weight excluding hydrogens is 346 g/mol. The molecule has 1 heterocycles. The minimum absolute atomic E-state index is 0.0325. The van der Waals surface area contributed by atoms with Crippen molar-refractivity contribution in [2.75, 3.05) is 0 Å². The highest BCUT2D eigenvalue weighted by Gasteiger charge is 2.10. The molecule has 118 valence electrons. The molecule has 2 rings (SSSR count). The molecule has 0 fully saturated rings. The first-order valence-electron chi connectivity index (χ1n) is 7.49. The van der Waals surface area contributed by atoms with Crippen LogP contribution in [0.3, 0.4) is 0 Å². The average Bonchev–Trinajstić information content (AvgIpc) is 2.52. The molecule has 0 aliphatic heterocycles. The number of benzene rings is 1. The number of nitrogens with zero attached hydrogens (tertiary/aromatic N) is 2. The number of fused-ring (bicyclic) bond motifs is 1. The number of carbonyl (C=O) groups excluding carboxylic acids is 1. The van der Waals surface area contributed by atoms with Gasteiger partial charge in [0, 0.05) is 23.5 Å². The van der Waals surface area contributed by atoms with Crippen molar-refractivity contribution in [3.63, 3.8) is 0 Å². The first kappa shape index (κ1) is 16.7. The number of hydrogen-bond acceptors (Lipinski definition) is 3. The third-order valence-corrected chi connectivity index (χ3v) is 4.21. The van der Waals surface area contributed by atoms with Gasteiger partial charge >= 0.3 is 0 Å². The summed E-state index contributed by atoms with van der Waals surface area (Å²) in [7, 11) is 0. The van der Waals surface area contributed by atoms with Crippen molar-refractivity contribution < 1.29 is 4.79 Å². The zero-order valence-corrected chi connectivity index (χ0v) is 14.4. The van der Waals surface area contributed by atoms with Gasteiger partial charge in [-0.2, -0.15) is 0 Å². The predicted molar refractivity (Wildman–Crippen MR) is 90.8 cm³/mol. The molecule has 6 heteroatoms. The lowest BCUT2D eigenvalue weighted by Gasteiger charge is -2.14. The van der Waals surface area contributed by atoms with E-state index in [1.807, 2.05) is 19.9 Å². The average molecular weight is 366 g/mol. The highest BCUT2D eigenvalue weighted by molar-refractivity contribution is 9.10. The second-order valence-electron chi connectivity index (χ2n) is 5.24. The molecule has 1 amide bonds. The van der Waals surface area contributed by atoms with Crippen LogP contribution < -0.4 is 10.9 Å². The lowest BCUT2D eigenvalue weighted by Crippen LogP contribution is -2.35. The molecule has 0 bridgehead atoms. The van der Waals surface area contributed by atoms with Crippen molar-refractivity contribution in [1.82, 2.24) is 14.9 Å². The van der Waals surface area contributed by atoms with Crippen molar-refractivity contribution in [2.24, 2.45) is 0 Å². The molecule has 0 saturated carbocycles. The highest BCUT2D eigenvalue weighted by atomic mass is 79.9. The summed E-state index contributed by atoms with van der Waals surface area (Å²) < 4.78 is 2.32. The number of halogens is 1. The molecule has 2 aromatic rings. The molecule has 1 N–H and O–H groups in total. The number of carbonyl (C=O) groups is 1. The molecule has 0 aliphatic carbocycles. The Morgan fingerprint density at radius 1 is 1.36 bits per heavy atom. The maximum Gasteiger partial charge on any atom is 0.261 e. The standard InChI is InChI=1S/C16H20BrN3O2/c1-3-12(4-2)19-15(21)7-8-20-10-18-14-6-5-11(17)9-13(14)16(20)22/h5-6,9-10,12H,3-4,7-8H2,1-2H3,(H,19,21). The SMILES string of the molecule is CCC(CC)NC(=O)CCn1cnc2ccc(Br)cc2c1=O. The van der Waals surface area contributed by atoms with E-state index in [0.717, 1.165) is 17.3 Å². The Kier molecular flexibility index (Phi) is 5.71. The van der Waals surface area contributed by atoms with Crippen LogP contribution in [0.2, 0.25) is 0 Å². The van der Waals surface area contributed by atoms with Gasteiger partial charge in [-0.15, -0.1) is 0 Å². The lowest BCUT2D eigenvalue weighted by molar-refractivity contribution is -0.122. The van der Waals surface area contributed by atoms with E-state index in [0.29, 0.717) is 17.4 Å². The van der Waals surface area contributed by atoms with E-state index in [1.54, 1.807) is 12.1 Å². The second kappa shape index (κ2) is 7.54. The van der Waals surface area contributed by atoms with Crippen LogP contribution in [0.4, 0.5) is 0 Å². The van der Waals surface area contributed by atoms with Gasteiger partial charge < -0.3 is 5.32 Å². The molecule has 1 aromatic carbocycles. The van der Waals surface area contributed by atoms with Crippen LogP contribution in [0.5, 0.6) is 0 Å². The third kappa shape index (κ3) is 3.94. The molecular formula is C16H20BrN3O2. The number of rotatable bonds is 6. The highest BCUT2D eigenvalue weighted by Crippen LogP contribution is 2.14. The van der Waals surface area contributed by atoms with E-state index in [9.17, 15) is 9.59 Å². The van der Waals surface area contributed by atoms with Gasteiger partial charge in [-0.25, -0.2) is 4.98 Å². The Hall–Kier alpha value is -1.69. The smallest absolute Gasteiger partial charge is 0.261 e. The van der Waals surface area contributed by atoms with Gasteiger partial charge in [0.05, 0.1) is 17.2 Å². The van der Waals surface area contributed by atoms with Crippen LogP contribution in [0.15, 0.2) is 33.8 Å². The van der Waals surface area contributed by atoms with Gasteiger partial charge in [-0.1, -0.05) is 29.8 Å². The lowest BCUT2D eigenvalue weighted by atomic mass is 10.1. The maximum absolute atomic E-state index is 12.4. The first-order chi connectivity index (χ1) is 10.5. The first-order valence-corrected chi connectivity index (χ1v) is 8.28. The summed E-state index contributed by atoms with van der Waals surface area (Å²) in [6, 6.07) is 5.60. The van der Waals surface area contributed by atoms with Gasteiger partial charge in [0.25, 0.3) is 5.56 Å². The van der Waals surface area contributed by atoms with E-state index in [-0.39, 0.29) is 23.9 Å². The van der Waals surface area contributed by atoms with Crippen LogP contribution >= 0.6 is 15.9 Å². The fraction of sp³-hybridized carbons (Fsp3) is 0.438. The fourth-order valence-corrected chi connectivity index (χ4v) is 2.67. The fourth-order valence-electron chi connectivity index (χ4n) is 2.31. The second-order valence-corrected chi connectivity index (χ2v) is 6.15. The van der Waals surface area contributed by atoms with Crippen LogP contribution in [0, 0.1) is 0 Å². The number of nitrogens with one attached hydrogen (secondary N) is 1. The zero-order valence-electron chi connectivity index (χ0n) is 12.8. The molecule has 0 unspecified atom stereocenters. The van der Waals surface area contributed by atoms with Gasteiger partial charge in [0.2, 0.25) is 5.91 Å². The van der Waals surface area contributed by atoms with E-state index in [4.69, 9.17) is 0 Å². The van der Waals surface area contributed by atoms with Crippen molar-refractivity contribution >= 4 is 32.7 Å². The normalized spacial score (nSPS) is 11.1. The van der Waals surface area contributed by atoms with Crippen LogP contribution in [-0.2, 0) is 11.3 Å². The summed E-state index contributed by atoms with van der Waals surface area (Å²) in [5.41, 5.74) is 0.535. The number of amides is 1. The summed E-state index contributed by atoms with van der Waals surface area (Å²) >= 11 is 3.36. The largest absolute Gasteiger partial charge is 0.353 e. The predicted octanol–water partition coefficient (Wildman–Crippen LogP) is 2.85. The van der Waals surface area contributed by atoms with E-state index < -0.39 is 0 Å². The summed E-state index contributed by atoms with van der Waals surface area (Å²) in [4.78, 5) is 28.6. The summed E-state index contributed by atoms with van der Waals surface area (Å²) in [5.74, 6) is -0.0325. The topological polar surface area (TPSA) is 64.0 Å². The van der Waals surface area contributed by atoms with Crippen LogP contribution in [0.25, 0.3) is 10.9 Å². The Morgan fingerprint density at radius 3 is 2.77 bits per heavy atom. The zero-order chi connectivity index (χ0) is 16.1. The summed E-state index contributed by atoms with van der Waals surface area (Å²) in [6.45, 7) is 4.42. The monoisotopic (exact) mass is 365 g/mol. The van der Waals surface area contributed by atoms with Crippen molar-refractivity contribution in [3.8, 4) is 0 Å². The van der Waals surface area contributed by atoms with Crippen molar-refractivity contribution in [1.29, 1.82) is 0 Å². The van der Waals surface area contributed by atoms with E-state index >= 15 is 0 Å². The molecule has 0 saturated heterocycles. The Bertz CT molecular complexity index is 723. The Morgan fingerprint density at radius 2 is 2.09 bits per heavy atom. The van der Waals surface area contributed by atoms with E-state index in [2.05, 4.69) is 26.2 Å². The van der Waals surface area contributed by atoms with Crippen molar-refractivity contribution in [3.05, 3.63) is 39.4 Å². The molecule has 0 spiro atoms. The molecule has 0 radical (unpaired) electrons. The summed E-state index contributed by atoms with van der Waals surface area (Å²) in [6.07, 6.45) is 3.60. The Labute approximate surface area is 137 Å².